The third kappa shape index (κ3) is 3.29. The number of nitrogens with one attached hydrogen (secondary N) is 1. The van der Waals surface area contributed by atoms with E-state index in [1.807, 2.05) is 49.4 Å². The van der Waals surface area contributed by atoms with Crippen LogP contribution in [-0.4, -0.2) is 5.91 Å². The van der Waals surface area contributed by atoms with Crippen LogP contribution >= 0.6 is 0 Å². The molecule has 4 heteroatoms. The zero-order chi connectivity index (χ0) is 11.4. The summed E-state index contributed by atoms with van der Waals surface area (Å²) in [6, 6.07) is 13.1. The lowest BCUT2D eigenvalue weighted by Crippen LogP contribution is -3.00. The molecule has 0 saturated heterocycles. The molecule has 0 fully saturated rings. The molecule has 17 heavy (non-hydrogen) atoms. The molecular weight excluding hydrogens is 236 g/mol. The van der Waals surface area contributed by atoms with E-state index in [0.717, 1.165) is 5.56 Å². The first-order valence-electron chi connectivity index (χ1n) is 5.10. The van der Waals surface area contributed by atoms with E-state index in [4.69, 9.17) is 0 Å². The first kappa shape index (κ1) is 13.2. The van der Waals surface area contributed by atoms with E-state index >= 15 is 0 Å². The standard InChI is InChI=1S/C13H12N2O.ClH/c1-11-7-3-4-8-12(11)13(16)14-15-9-5-2-6-10-15;/h2-10H,1H3;1H. The first-order valence-corrected chi connectivity index (χ1v) is 5.10. The van der Waals surface area contributed by atoms with Gasteiger partial charge in [0, 0.05) is 17.7 Å². The molecule has 3 nitrogen and oxygen atoms in total. The second-order valence-corrected chi connectivity index (χ2v) is 3.54. The molecule has 2 aromatic rings. The second kappa shape index (κ2) is 6.01. The number of hydrogen-bond acceptors (Lipinski definition) is 1. The van der Waals surface area contributed by atoms with Gasteiger partial charge in [0.1, 0.15) is 0 Å². The van der Waals surface area contributed by atoms with Crippen LogP contribution in [0.15, 0.2) is 54.9 Å². The smallest absolute Gasteiger partial charge is 0.305 e. The van der Waals surface area contributed by atoms with E-state index in [1.54, 1.807) is 17.1 Å². The number of carbonyl (C=O) groups is 1. The number of nitrogens with zero attached hydrogens (tertiary/aromatic N) is 1. The lowest BCUT2D eigenvalue weighted by Gasteiger charge is -2.02. The van der Waals surface area contributed by atoms with Gasteiger partial charge < -0.3 is 12.4 Å². The largest absolute Gasteiger partial charge is 1.00 e. The van der Waals surface area contributed by atoms with E-state index in [0.29, 0.717) is 5.56 Å². The van der Waals surface area contributed by atoms with Crippen molar-refractivity contribution in [3.8, 4) is 0 Å². The van der Waals surface area contributed by atoms with Gasteiger partial charge in [0.2, 0.25) is 0 Å². The van der Waals surface area contributed by atoms with Crippen molar-refractivity contribution in [2.75, 3.05) is 5.43 Å². The number of amides is 1. The highest BCUT2D eigenvalue weighted by Crippen LogP contribution is 2.06. The summed E-state index contributed by atoms with van der Waals surface area (Å²) in [7, 11) is 0. The van der Waals surface area contributed by atoms with Gasteiger partial charge in [-0.15, -0.1) is 5.43 Å². The van der Waals surface area contributed by atoms with Crippen molar-refractivity contribution >= 4 is 5.91 Å². The Morgan fingerprint density at radius 3 is 2.35 bits per heavy atom. The Balaban J connectivity index is 0.00000144. The van der Waals surface area contributed by atoms with Gasteiger partial charge in [-0.1, -0.05) is 28.9 Å². The minimum Gasteiger partial charge on any atom is -1.00 e. The maximum atomic E-state index is 11.9. The van der Waals surface area contributed by atoms with Crippen LogP contribution < -0.4 is 22.5 Å². The average Bonchev–Trinajstić information content (AvgIpc) is 2.31. The quantitative estimate of drug-likeness (QED) is 0.657. The fraction of sp³-hybridized carbons (Fsp3) is 0.0769. The summed E-state index contributed by atoms with van der Waals surface area (Å²) in [6.07, 6.45) is 3.58. The molecule has 0 aliphatic carbocycles. The van der Waals surface area contributed by atoms with Crippen LogP contribution in [0.5, 0.6) is 0 Å². The van der Waals surface area contributed by atoms with Crippen LogP contribution in [0.3, 0.4) is 0 Å². The summed E-state index contributed by atoms with van der Waals surface area (Å²) in [5.74, 6) is -0.102. The van der Waals surface area contributed by atoms with Crippen LogP contribution in [0, 0.1) is 6.92 Å². The molecular formula is C13H13ClN2O. The summed E-state index contributed by atoms with van der Waals surface area (Å²) in [5.41, 5.74) is 4.44. The van der Waals surface area contributed by atoms with Crippen molar-refractivity contribution in [2.45, 2.75) is 6.92 Å². The van der Waals surface area contributed by atoms with E-state index in [-0.39, 0.29) is 18.3 Å². The van der Waals surface area contributed by atoms with Gasteiger partial charge in [0.15, 0.2) is 12.4 Å². The first-order chi connectivity index (χ1) is 7.77. The fourth-order valence-corrected chi connectivity index (χ4v) is 1.48. The Kier molecular flexibility index (Phi) is 4.67. The molecule has 0 saturated carbocycles. The normalized spacial score (nSPS) is 9.24. The highest BCUT2D eigenvalue weighted by atomic mass is 35.5. The van der Waals surface area contributed by atoms with Crippen molar-refractivity contribution in [3.05, 3.63) is 66.0 Å². The van der Waals surface area contributed by atoms with E-state index in [2.05, 4.69) is 5.43 Å². The molecule has 1 N–H and O–H groups in total. The van der Waals surface area contributed by atoms with Crippen molar-refractivity contribution in [2.24, 2.45) is 0 Å². The lowest BCUT2D eigenvalue weighted by molar-refractivity contribution is -0.641. The maximum absolute atomic E-state index is 11.9. The number of carbonyl (C=O) groups excluding carboxylic acids is 1. The monoisotopic (exact) mass is 248 g/mol. The third-order valence-electron chi connectivity index (χ3n) is 2.34. The number of aromatic nitrogens is 1. The molecule has 0 aliphatic rings. The lowest BCUT2D eigenvalue weighted by atomic mass is 10.1. The summed E-state index contributed by atoms with van der Waals surface area (Å²) < 4.78 is 1.63. The maximum Gasteiger partial charge on any atom is 0.305 e. The number of halogens is 1. The summed E-state index contributed by atoms with van der Waals surface area (Å²) in [4.78, 5) is 11.9. The molecule has 1 aromatic carbocycles. The Bertz CT molecular complexity index is 500. The van der Waals surface area contributed by atoms with Crippen molar-refractivity contribution < 1.29 is 21.9 Å². The van der Waals surface area contributed by atoms with Gasteiger partial charge in [-0.2, -0.15) is 0 Å². The molecule has 1 heterocycles. The van der Waals surface area contributed by atoms with Crippen LogP contribution in [0.2, 0.25) is 0 Å². The second-order valence-electron chi connectivity index (χ2n) is 3.54. The van der Waals surface area contributed by atoms with Gasteiger partial charge in [0.05, 0.1) is 0 Å². The minimum atomic E-state index is -0.102. The molecule has 1 amide bonds. The molecule has 0 atom stereocenters. The van der Waals surface area contributed by atoms with Crippen LogP contribution in [0.25, 0.3) is 0 Å². The number of pyridine rings is 1. The van der Waals surface area contributed by atoms with Gasteiger partial charge in [-0.05, 0) is 18.6 Å². The van der Waals surface area contributed by atoms with Crippen molar-refractivity contribution in [1.29, 1.82) is 0 Å². The molecule has 0 aliphatic heterocycles. The molecule has 0 unspecified atom stereocenters. The summed E-state index contributed by atoms with van der Waals surface area (Å²) in [5, 5.41) is 0. The predicted octanol–water partition coefficient (Wildman–Crippen LogP) is -1.33. The van der Waals surface area contributed by atoms with Crippen molar-refractivity contribution in [1.82, 2.24) is 0 Å². The van der Waals surface area contributed by atoms with Crippen LogP contribution in [0.1, 0.15) is 15.9 Å². The fourth-order valence-electron chi connectivity index (χ4n) is 1.48. The van der Waals surface area contributed by atoms with E-state index in [9.17, 15) is 4.79 Å². The molecule has 0 spiro atoms. The summed E-state index contributed by atoms with van der Waals surface area (Å²) >= 11 is 0. The van der Waals surface area contributed by atoms with E-state index < -0.39 is 0 Å². The van der Waals surface area contributed by atoms with Gasteiger partial charge >= 0.3 is 5.91 Å². The van der Waals surface area contributed by atoms with Gasteiger partial charge in [-0.25, -0.2) is 0 Å². The van der Waals surface area contributed by atoms with Crippen LogP contribution in [-0.2, 0) is 0 Å². The highest BCUT2D eigenvalue weighted by molar-refractivity contribution is 5.99. The predicted molar refractivity (Wildman–Crippen MR) is 61.5 cm³/mol. The summed E-state index contributed by atoms with van der Waals surface area (Å²) in [6.45, 7) is 1.92. The van der Waals surface area contributed by atoms with Crippen molar-refractivity contribution in [3.63, 3.8) is 0 Å². The zero-order valence-electron chi connectivity index (χ0n) is 9.43. The molecule has 0 bridgehead atoms. The molecule has 88 valence electrons. The number of rotatable bonds is 2. The van der Waals surface area contributed by atoms with Gasteiger partial charge in [-0.3, -0.25) is 4.79 Å². The molecule has 0 radical (unpaired) electrons. The zero-order valence-corrected chi connectivity index (χ0v) is 10.2. The Labute approximate surface area is 106 Å². The molecule has 2 rings (SSSR count). The Hall–Kier alpha value is -1.87. The highest BCUT2D eigenvalue weighted by Gasteiger charge is 2.11. The topological polar surface area (TPSA) is 33.0 Å². The number of aryl methyl sites for hydroxylation is 1. The minimum absolute atomic E-state index is 0. The number of benzene rings is 1. The Morgan fingerprint density at radius 2 is 1.71 bits per heavy atom. The number of hydrogen-bond donors (Lipinski definition) is 1. The molecule has 1 aromatic heterocycles. The SMILES string of the molecule is Cc1ccccc1C(=O)N[n+]1ccccc1.[Cl-]. The average molecular weight is 249 g/mol. The van der Waals surface area contributed by atoms with E-state index in [1.165, 1.54) is 0 Å². The Morgan fingerprint density at radius 1 is 1.06 bits per heavy atom. The van der Waals surface area contributed by atoms with Crippen LogP contribution in [0.4, 0.5) is 0 Å². The van der Waals surface area contributed by atoms with Gasteiger partial charge in [0.25, 0.3) is 0 Å². The third-order valence-corrected chi connectivity index (χ3v) is 2.34.